The molecule has 7 heteroatoms. The van der Waals surface area contributed by atoms with Crippen LogP contribution in [0.2, 0.25) is 19.6 Å². The third-order valence-electron chi connectivity index (χ3n) is 3.43. The predicted octanol–water partition coefficient (Wildman–Crippen LogP) is 3.89. The second kappa shape index (κ2) is 6.05. The fraction of sp³-hybridized carbons (Fsp3) is 0.923. The van der Waals surface area contributed by atoms with Gasteiger partial charge in [0.1, 0.15) is 0 Å². The molecule has 1 aliphatic rings. The van der Waals surface area contributed by atoms with Crippen LogP contribution in [0.5, 0.6) is 0 Å². The summed E-state index contributed by atoms with van der Waals surface area (Å²) >= 11 is 0. The highest BCUT2D eigenvalue weighted by molar-refractivity contribution is 6.69. The van der Waals surface area contributed by atoms with Crippen molar-refractivity contribution in [1.82, 2.24) is 0 Å². The van der Waals surface area contributed by atoms with Crippen LogP contribution in [0, 0.1) is 5.92 Å². The summed E-state index contributed by atoms with van der Waals surface area (Å²) in [6.07, 6.45) is -4.38. The fourth-order valence-electron chi connectivity index (χ4n) is 2.61. The van der Waals surface area contributed by atoms with Gasteiger partial charge in [-0.25, -0.2) is 0 Å². The van der Waals surface area contributed by atoms with Gasteiger partial charge >= 0.3 is 12.1 Å². The smallest absolute Gasteiger partial charge is 0.416 e. The minimum absolute atomic E-state index is 0.162. The zero-order chi connectivity index (χ0) is 15.6. The van der Waals surface area contributed by atoms with Crippen molar-refractivity contribution in [3.8, 4) is 0 Å². The normalized spacial score (nSPS) is 28.2. The molecular weight excluding hydrogens is 289 g/mol. The standard InChI is InChI=1S/C13H23F3O3Si/c1-5-18-11(17)10-6-8-12(9-7-10,13(14,15)16)19-20(2,3)4/h10H,5-9H2,1-4H3. The van der Waals surface area contributed by atoms with Crippen LogP contribution in [0.25, 0.3) is 0 Å². The Morgan fingerprint density at radius 1 is 1.25 bits per heavy atom. The van der Waals surface area contributed by atoms with E-state index in [2.05, 4.69) is 0 Å². The minimum atomic E-state index is -4.40. The van der Waals surface area contributed by atoms with Crippen LogP contribution in [0.3, 0.4) is 0 Å². The van der Waals surface area contributed by atoms with E-state index in [9.17, 15) is 18.0 Å². The van der Waals surface area contributed by atoms with Gasteiger partial charge in [0, 0.05) is 0 Å². The largest absolute Gasteiger partial charge is 0.466 e. The maximum absolute atomic E-state index is 13.4. The van der Waals surface area contributed by atoms with E-state index in [0.717, 1.165) is 0 Å². The van der Waals surface area contributed by atoms with Crippen molar-refractivity contribution in [3.05, 3.63) is 0 Å². The maximum atomic E-state index is 13.4. The second-order valence-corrected chi connectivity index (χ2v) is 10.7. The van der Waals surface area contributed by atoms with Crippen molar-refractivity contribution >= 4 is 14.3 Å². The van der Waals surface area contributed by atoms with Crippen molar-refractivity contribution in [2.75, 3.05) is 6.61 Å². The van der Waals surface area contributed by atoms with E-state index in [1.165, 1.54) is 0 Å². The molecule has 0 aromatic carbocycles. The monoisotopic (exact) mass is 312 g/mol. The lowest BCUT2D eigenvalue weighted by Crippen LogP contribution is -2.55. The molecule has 20 heavy (non-hydrogen) atoms. The fourth-order valence-corrected chi connectivity index (χ4v) is 4.10. The number of ether oxygens (including phenoxy) is 1. The molecule has 0 amide bonds. The molecule has 0 aromatic rings. The number of esters is 1. The van der Waals surface area contributed by atoms with Gasteiger partial charge in [0.2, 0.25) is 0 Å². The van der Waals surface area contributed by atoms with Gasteiger partial charge in [0.25, 0.3) is 0 Å². The molecule has 118 valence electrons. The Balaban J connectivity index is 2.80. The van der Waals surface area contributed by atoms with E-state index in [1.54, 1.807) is 26.6 Å². The molecule has 0 aromatic heterocycles. The summed E-state index contributed by atoms with van der Waals surface area (Å²) in [5, 5.41) is 0. The highest BCUT2D eigenvalue weighted by Gasteiger charge is 2.58. The first-order valence-corrected chi connectivity index (χ1v) is 10.3. The van der Waals surface area contributed by atoms with Gasteiger partial charge in [-0.1, -0.05) is 0 Å². The summed E-state index contributed by atoms with van der Waals surface area (Å²) in [7, 11) is -2.33. The first kappa shape index (κ1) is 17.5. The van der Waals surface area contributed by atoms with Crippen LogP contribution in [0.4, 0.5) is 13.2 Å². The van der Waals surface area contributed by atoms with Gasteiger partial charge in [-0.3, -0.25) is 4.79 Å². The number of alkyl halides is 3. The topological polar surface area (TPSA) is 35.5 Å². The molecule has 0 bridgehead atoms. The lowest BCUT2D eigenvalue weighted by molar-refractivity contribution is -0.264. The Labute approximate surface area is 119 Å². The first-order valence-electron chi connectivity index (χ1n) is 6.94. The van der Waals surface area contributed by atoms with Gasteiger partial charge in [-0.05, 0) is 52.2 Å². The maximum Gasteiger partial charge on any atom is 0.416 e. The molecule has 0 aliphatic heterocycles. The summed E-state index contributed by atoms with van der Waals surface area (Å²) in [6, 6.07) is 0. The quantitative estimate of drug-likeness (QED) is 0.583. The molecule has 3 nitrogen and oxygen atoms in total. The Hall–Kier alpha value is -0.563. The summed E-state index contributed by atoms with van der Waals surface area (Å²) in [4.78, 5) is 11.6. The van der Waals surface area contributed by atoms with Crippen LogP contribution < -0.4 is 0 Å². The highest BCUT2D eigenvalue weighted by atomic mass is 28.4. The van der Waals surface area contributed by atoms with E-state index in [0.29, 0.717) is 0 Å². The van der Waals surface area contributed by atoms with Gasteiger partial charge in [0.05, 0.1) is 12.5 Å². The molecule has 1 fully saturated rings. The van der Waals surface area contributed by atoms with E-state index >= 15 is 0 Å². The molecule has 1 saturated carbocycles. The lowest BCUT2D eigenvalue weighted by Gasteiger charge is -2.44. The zero-order valence-corrected chi connectivity index (χ0v) is 13.5. The van der Waals surface area contributed by atoms with Gasteiger partial charge in [-0.2, -0.15) is 13.2 Å². The summed E-state index contributed by atoms with van der Waals surface area (Å²) in [5.74, 6) is -0.827. The molecule has 0 N–H and O–H groups in total. The summed E-state index contributed by atoms with van der Waals surface area (Å²) < 4.78 is 50.5. The SMILES string of the molecule is CCOC(=O)C1CCC(O[Si](C)(C)C)(C(F)(F)F)CC1. The molecule has 1 rings (SSSR count). The lowest BCUT2D eigenvalue weighted by atomic mass is 9.78. The molecule has 1 aliphatic carbocycles. The molecule has 0 radical (unpaired) electrons. The molecular formula is C13H23F3O3Si. The number of halogens is 3. The van der Waals surface area contributed by atoms with E-state index < -0.39 is 32.0 Å². The Morgan fingerprint density at radius 3 is 2.10 bits per heavy atom. The number of rotatable bonds is 4. The van der Waals surface area contributed by atoms with Crippen LogP contribution in [0.15, 0.2) is 0 Å². The van der Waals surface area contributed by atoms with Gasteiger partial charge in [0.15, 0.2) is 13.9 Å². The van der Waals surface area contributed by atoms with Gasteiger partial charge < -0.3 is 9.16 Å². The average Bonchev–Trinajstić information content (AvgIpc) is 2.26. The molecule has 0 atom stereocenters. The van der Waals surface area contributed by atoms with Crippen molar-refractivity contribution in [1.29, 1.82) is 0 Å². The van der Waals surface area contributed by atoms with Crippen molar-refractivity contribution in [2.45, 2.75) is 64.0 Å². The molecule has 0 spiro atoms. The molecule has 0 unspecified atom stereocenters. The van der Waals surface area contributed by atoms with E-state index in [-0.39, 0.29) is 32.3 Å². The zero-order valence-electron chi connectivity index (χ0n) is 12.5. The number of hydrogen-bond acceptors (Lipinski definition) is 3. The Morgan fingerprint density at radius 2 is 1.75 bits per heavy atom. The summed E-state index contributed by atoms with van der Waals surface area (Å²) in [6.45, 7) is 7.19. The average molecular weight is 312 g/mol. The van der Waals surface area contributed by atoms with E-state index in [4.69, 9.17) is 9.16 Å². The van der Waals surface area contributed by atoms with E-state index in [1.807, 2.05) is 0 Å². The number of carbonyl (C=O) groups is 1. The number of hydrogen-bond donors (Lipinski definition) is 0. The Kier molecular flexibility index (Phi) is 5.29. The third kappa shape index (κ3) is 4.21. The second-order valence-electron chi connectivity index (χ2n) is 6.23. The Bertz CT molecular complexity index is 342. The number of carbonyl (C=O) groups excluding carboxylic acids is 1. The summed E-state index contributed by atoms with van der Waals surface area (Å²) in [5.41, 5.74) is -2.08. The molecule has 0 heterocycles. The minimum Gasteiger partial charge on any atom is -0.466 e. The van der Waals surface area contributed by atoms with Crippen molar-refractivity contribution < 1.29 is 27.1 Å². The van der Waals surface area contributed by atoms with Crippen molar-refractivity contribution in [3.63, 3.8) is 0 Å². The van der Waals surface area contributed by atoms with Crippen LogP contribution >= 0.6 is 0 Å². The van der Waals surface area contributed by atoms with Crippen LogP contribution in [0.1, 0.15) is 32.6 Å². The third-order valence-corrected chi connectivity index (χ3v) is 4.43. The van der Waals surface area contributed by atoms with Crippen LogP contribution in [-0.4, -0.2) is 32.7 Å². The molecule has 0 saturated heterocycles. The predicted molar refractivity (Wildman–Crippen MR) is 71.8 cm³/mol. The van der Waals surface area contributed by atoms with Crippen LogP contribution in [-0.2, 0) is 14.0 Å². The van der Waals surface area contributed by atoms with Gasteiger partial charge in [-0.15, -0.1) is 0 Å². The van der Waals surface area contributed by atoms with Crippen molar-refractivity contribution in [2.24, 2.45) is 5.92 Å². The first-order chi connectivity index (χ1) is 9.01. The highest BCUT2D eigenvalue weighted by Crippen LogP contribution is 2.47.